The summed E-state index contributed by atoms with van der Waals surface area (Å²) in [6, 6.07) is 1.45. The van der Waals surface area contributed by atoms with Gasteiger partial charge in [-0.15, -0.1) is 0 Å². The maximum Gasteiger partial charge on any atom is 0.349 e. The van der Waals surface area contributed by atoms with Crippen LogP contribution in [0.25, 0.3) is 0 Å². The van der Waals surface area contributed by atoms with Gasteiger partial charge in [0.05, 0.1) is 13.2 Å². The van der Waals surface area contributed by atoms with Crippen molar-refractivity contribution in [3.8, 4) is 0 Å². The number of nitrogen functional groups attached to an aromatic ring is 1. The van der Waals surface area contributed by atoms with Crippen LogP contribution in [-0.2, 0) is 11.3 Å². The van der Waals surface area contributed by atoms with Gasteiger partial charge in [-0.1, -0.05) is 39.0 Å². The van der Waals surface area contributed by atoms with Gasteiger partial charge in [-0.05, 0) is 6.07 Å². The molecule has 1 aliphatic heterocycles. The van der Waals surface area contributed by atoms with Crippen LogP contribution in [0.4, 0.5) is 5.82 Å². The molecular weight excluding hydrogens is 481 g/mol. The van der Waals surface area contributed by atoms with E-state index >= 15 is 0 Å². The Hall–Kier alpha value is -0.480. The Labute approximate surface area is 241 Å². The van der Waals surface area contributed by atoms with Crippen LogP contribution in [0.15, 0.2) is 17.1 Å². The molecule has 2 rings (SSSR count). The predicted octanol–water partition coefficient (Wildman–Crippen LogP) is 4.14. The Kier molecular flexibility index (Phi) is 20.9. The third-order valence-electron chi connectivity index (χ3n) is 7.12. The van der Waals surface area contributed by atoms with Gasteiger partial charge in [-0.2, -0.15) is 4.98 Å². The van der Waals surface area contributed by atoms with Crippen molar-refractivity contribution < 1.29 is 20.1 Å². The van der Waals surface area contributed by atoms with Gasteiger partial charge in [-0.25, -0.2) is 4.79 Å². The molecule has 0 spiro atoms. The quantitative estimate of drug-likeness (QED) is 0.155. The summed E-state index contributed by atoms with van der Waals surface area (Å²) >= 11 is 1.41. The molecule has 1 aromatic heterocycles. The first-order valence-corrected chi connectivity index (χ1v) is 16.3. The van der Waals surface area contributed by atoms with Crippen molar-refractivity contribution in [2.24, 2.45) is 0 Å². The Morgan fingerprint density at radius 3 is 1.73 bits per heavy atom. The first-order chi connectivity index (χ1) is 17.9. The van der Waals surface area contributed by atoms with E-state index in [-0.39, 0.29) is 12.4 Å². The molecule has 0 radical (unpaired) electrons. The van der Waals surface area contributed by atoms with Crippen LogP contribution < -0.4 is 11.4 Å². The van der Waals surface area contributed by atoms with Crippen molar-refractivity contribution in [1.82, 2.24) is 9.55 Å². The number of hydrogen-bond acceptors (Lipinski definition) is 7. The number of unbranched alkanes of at least 4 members (excludes halogenated alkanes) is 15. The Bertz CT molecular complexity index is 720. The molecule has 0 amide bonds. The zero-order valence-electron chi connectivity index (χ0n) is 23.5. The van der Waals surface area contributed by atoms with E-state index in [2.05, 4.69) is 11.9 Å². The molecule has 8 nitrogen and oxygen atoms in total. The topological polar surface area (TPSA) is 131 Å². The van der Waals surface area contributed by atoms with Crippen molar-refractivity contribution in [3.05, 3.63) is 22.7 Å². The van der Waals surface area contributed by atoms with Gasteiger partial charge in [0.25, 0.3) is 0 Å². The van der Waals surface area contributed by atoms with Crippen LogP contribution in [0.2, 0.25) is 3.67 Å². The molecule has 0 aliphatic carbocycles. The molecule has 0 saturated carbocycles. The standard InChI is InChI=1S/C18H37.C10H15N3O5.Na/c1-3-5-7-9-11-13-15-17-18-16-14-12-10-8-6-4-2;11-7-1-2-13(10(17)12-7)3-5-8(15)9(16)6(4-14)18-5;/h1,3-18H2,2H3;1-2,5-6,8-9,14-16H,3-4H2,(H2,11,12,17);/t;5-,6+,8-,9+;/m.0./s1. The van der Waals surface area contributed by atoms with E-state index in [4.69, 9.17) is 15.6 Å². The summed E-state index contributed by atoms with van der Waals surface area (Å²) in [6.07, 6.45) is 21.2. The molecule has 1 aromatic rings. The monoisotopic (exact) mass is 533 g/mol. The maximum atomic E-state index is 11.5. The Morgan fingerprint density at radius 2 is 1.32 bits per heavy atom. The number of nitrogens with zero attached hydrogens (tertiary/aromatic N) is 2. The number of nitrogens with two attached hydrogens (primary N) is 1. The molecule has 4 atom stereocenters. The normalized spacial score (nSPS) is 21.1. The molecule has 37 heavy (non-hydrogen) atoms. The number of hydrogen-bond donors (Lipinski definition) is 4. The number of aliphatic hydroxyl groups excluding tert-OH is 3. The molecule has 2 heterocycles. The van der Waals surface area contributed by atoms with Crippen molar-refractivity contribution >= 4 is 33.7 Å². The second kappa shape index (κ2) is 22.3. The fraction of sp³-hybridized carbons (Fsp3) is 0.857. The first-order valence-electron chi connectivity index (χ1n) is 14.9. The van der Waals surface area contributed by atoms with Crippen molar-refractivity contribution in [2.75, 3.05) is 12.3 Å². The summed E-state index contributed by atoms with van der Waals surface area (Å²) in [5.74, 6) is 0.109. The van der Waals surface area contributed by atoms with Gasteiger partial charge in [0.1, 0.15) is 30.2 Å². The van der Waals surface area contributed by atoms with Gasteiger partial charge < -0.3 is 25.8 Å². The number of ether oxygens (including phenoxy) is 1. The second-order valence-corrected chi connectivity index (χ2v) is 11.5. The van der Waals surface area contributed by atoms with Crippen molar-refractivity contribution in [2.45, 2.75) is 144 Å². The Balaban J connectivity index is 0.000000370. The SMILES string of the molecule is CCCCCCCCCCCCCCCCC[CH2][Na].Nc1ccn(C[C@@H]2O[C@H](CO)[C@@H](O)[C@H]2O)c(=O)n1. The molecule has 1 saturated heterocycles. The summed E-state index contributed by atoms with van der Waals surface area (Å²) in [6.45, 7) is 1.93. The molecular formula is C28H52N3NaO5. The van der Waals surface area contributed by atoms with Crippen LogP contribution in [0.5, 0.6) is 0 Å². The fourth-order valence-electron chi connectivity index (χ4n) is 4.70. The van der Waals surface area contributed by atoms with Gasteiger partial charge in [0.15, 0.2) is 0 Å². The number of aliphatic hydroxyl groups is 3. The summed E-state index contributed by atoms with van der Waals surface area (Å²) in [4.78, 5) is 15.0. The van der Waals surface area contributed by atoms with Crippen LogP contribution in [0.1, 0.15) is 110 Å². The van der Waals surface area contributed by atoms with Crippen LogP contribution in [-0.4, -0.2) is 83.8 Å². The second-order valence-electron chi connectivity index (χ2n) is 10.5. The van der Waals surface area contributed by atoms with E-state index in [1.807, 2.05) is 0 Å². The first kappa shape index (κ1) is 34.5. The summed E-state index contributed by atoms with van der Waals surface area (Å²) < 4.78 is 7.99. The van der Waals surface area contributed by atoms with E-state index in [0.717, 1.165) is 0 Å². The van der Waals surface area contributed by atoms with Gasteiger partial charge >= 0.3 is 108 Å². The third kappa shape index (κ3) is 15.6. The fourth-order valence-corrected chi connectivity index (χ4v) is 5.20. The van der Waals surface area contributed by atoms with Gasteiger partial charge in [-0.3, -0.25) is 4.57 Å². The predicted molar refractivity (Wildman–Crippen MR) is 151 cm³/mol. The molecule has 0 aromatic carbocycles. The minimum absolute atomic E-state index is 0.0286. The van der Waals surface area contributed by atoms with E-state index in [0.29, 0.717) is 0 Å². The van der Waals surface area contributed by atoms with Gasteiger partial charge in [0.2, 0.25) is 0 Å². The molecule has 0 unspecified atom stereocenters. The zero-order valence-corrected chi connectivity index (χ0v) is 25.5. The smallest absolute Gasteiger partial charge is 0.349 e. The molecule has 5 N–H and O–H groups in total. The van der Waals surface area contributed by atoms with Crippen molar-refractivity contribution in [3.63, 3.8) is 0 Å². The number of anilines is 1. The van der Waals surface area contributed by atoms with E-state index < -0.39 is 36.7 Å². The molecule has 9 heteroatoms. The average molecular weight is 534 g/mol. The minimum atomic E-state index is -1.17. The minimum Gasteiger partial charge on any atom is -0.394 e. The van der Waals surface area contributed by atoms with E-state index in [1.54, 1.807) is 0 Å². The summed E-state index contributed by atoms with van der Waals surface area (Å²) in [5.41, 5.74) is 4.79. The Morgan fingerprint density at radius 1 is 0.865 bits per heavy atom. The average Bonchev–Trinajstić information content (AvgIpc) is 3.16. The number of aromatic nitrogens is 2. The maximum absolute atomic E-state index is 11.5. The van der Waals surface area contributed by atoms with Gasteiger partial charge in [0, 0.05) is 6.20 Å². The third-order valence-corrected chi connectivity index (χ3v) is 7.83. The van der Waals surface area contributed by atoms with E-state index in [9.17, 15) is 15.0 Å². The van der Waals surface area contributed by atoms with Crippen LogP contribution in [0, 0.1) is 0 Å². The number of rotatable bonds is 19. The zero-order chi connectivity index (χ0) is 27.3. The summed E-state index contributed by atoms with van der Waals surface area (Å²) in [5, 5.41) is 28.2. The van der Waals surface area contributed by atoms with Crippen molar-refractivity contribution in [1.29, 1.82) is 0 Å². The molecule has 0 bridgehead atoms. The largest absolute Gasteiger partial charge is 0.394 e. The molecule has 210 valence electrons. The van der Waals surface area contributed by atoms with E-state index in [1.165, 1.54) is 151 Å². The molecule has 1 aliphatic rings. The van der Waals surface area contributed by atoms with Crippen LogP contribution in [0.3, 0.4) is 0 Å². The van der Waals surface area contributed by atoms with Crippen LogP contribution >= 0.6 is 0 Å². The molecule has 1 fully saturated rings. The summed E-state index contributed by atoms with van der Waals surface area (Å²) in [7, 11) is 0.